The zero-order valence-corrected chi connectivity index (χ0v) is 6.92. The highest BCUT2D eigenvalue weighted by Gasteiger charge is 1.97. The number of hydrogen-bond donors (Lipinski definition) is 0. The number of hydrogen-bond acceptors (Lipinski definition) is 2. The molecule has 0 unspecified atom stereocenters. The van der Waals surface area contributed by atoms with E-state index in [0.29, 0.717) is 11.4 Å². The number of nitrogens with zero attached hydrogens (tertiary/aromatic N) is 6. The molecular weight excluding hydrogens is 168 g/mol. The molecule has 1 aromatic rings. The fourth-order valence-electron chi connectivity index (χ4n) is 0.894. The minimum absolute atomic E-state index is 0.339. The van der Waals surface area contributed by atoms with Crippen molar-refractivity contribution in [1.29, 1.82) is 0 Å². The number of aryl methyl sites for hydroxylation is 1. The van der Waals surface area contributed by atoms with E-state index in [1.54, 1.807) is 18.2 Å². The van der Waals surface area contributed by atoms with E-state index in [1.165, 1.54) is 0 Å². The molecule has 0 saturated carbocycles. The molecule has 0 aliphatic rings. The zero-order chi connectivity index (χ0) is 9.68. The molecule has 64 valence electrons. The molecule has 0 atom stereocenters. The lowest BCUT2D eigenvalue weighted by atomic mass is 10.2. The molecule has 0 N–H and O–H groups in total. The predicted octanol–water partition coefficient (Wildman–Crippen LogP) is 3.88. The summed E-state index contributed by atoms with van der Waals surface area (Å²) in [6.07, 6.45) is 0. The van der Waals surface area contributed by atoms with Gasteiger partial charge in [-0.1, -0.05) is 27.9 Å². The first-order chi connectivity index (χ1) is 6.27. The van der Waals surface area contributed by atoms with Crippen molar-refractivity contribution in [2.75, 3.05) is 0 Å². The van der Waals surface area contributed by atoms with Crippen LogP contribution in [0.2, 0.25) is 0 Å². The lowest BCUT2D eigenvalue weighted by Gasteiger charge is -1.98. The number of benzene rings is 1. The molecular formula is C7H6N6. The van der Waals surface area contributed by atoms with Crippen LogP contribution in [0.3, 0.4) is 0 Å². The van der Waals surface area contributed by atoms with Crippen LogP contribution in [0, 0.1) is 6.92 Å². The molecule has 1 aromatic carbocycles. The van der Waals surface area contributed by atoms with Crippen molar-refractivity contribution in [1.82, 2.24) is 0 Å². The van der Waals surface area contributed by atoms with Crippen LogP contribution >= 0.6 is 0 Å². The third kappa shape index (κ3) is 2.13. The van der Waals surface area contributed by atoms with E-state index in [-0.39, 0.29) is 0 Å². The molecule has 0 fully saturated rings. The van der Waals surface area contributed by atoms with Gasteiger partial charge in [0, 0.05) is 21.2 Å². The maximum absolute atomic E-state index is 8.23. The normalized spacial score (nSPS) is 8.38. The second-order valence-electron chi connectivity index (χ2n) is 2.37. The fraction of sp³-hybridized carbons (Fsp3) is 0.143. The Hall–Kier alpha value is -2.16. The van der Waals surface area contributed by atoms with E-state index in [0.717, 1.165) is 5.56 Å². The van der Waals surface area contributed by atoms with Crippen molar-refractivity contribution in [2.45, 2.75) is 6.92 Å². The Balaban J connectivity index is 3.33. The summed E-state index contributed by atoms with van der Waals surface area (Å²) in [5.41, 5.74) is 18.1. The van der Waals surface area contributed by atoms with Crippen LogP contribution in [0.15, 0.2) is 28.4 Å². The van der Waals surface area contributed by atoms with Crippen molar-refractivity contribution in [2.24, 2.45) is 10.2 Å². The van der Waals surface area contributed by atoms with Crippen LogP contribution in [-0.4, -0.2) is 0 Å². The van der Waals surface area contributed by atoms with Gasteiger partial charge in [-0.15, -0.1) is 0 Å². The van der Waals surface area contributed by atoms with Crippen molar-refractivity contribution in [3.05, 3.63) is 44.6 Å². The lowest BCUT2D eigenvalue weighted by Crippen LogP contribution is -1.70. The smallest absolute Gasteiger partial charge is 0.0473 e. The van der Waals surface area contributed by atoms with Gasteiger partial charge in [0.1, 0.15) is 0 Å². The maximum atomic E-state index is 8.23. The zero-order valence-electron chi connectivity index (χ0n) is 6.92. The second-order valence-corrected chi connectivity index (χ2v) is 2.37. The Morgan fingerprint density at radius 2 is 1.69 bits per heavy atom. The second kappa shape index (κ2) is 4.01. The van der Waals surface area contributed by atoms with E-state index in [4.69, 9.17) is 11.1 Å². The first-order valence-electron chi connectivity index (χ1n) is 3.49. The predicted molar refractivity (Wildman–Crippen MR) is 48.8 cm³/mol. The number of azide groups is 2. The first-order valence-corrected chi connectivity index (χ1v) is 3.49. The molecule has 0 bridgehead atoms. The summed E-state index contributed by atoms with van der Waals surface area (Å²) in [5.74, 6) is 0. The minimum atomic E-state index is 0.339. The molecule has 6 heteroatoms. The van der Waals surface area contributed by atoms with E-state index < -0.39 is 0 Å². The van der Waals surface area contributed by atoms with Crippen LogP contribution in [0.25, 0.3) is 20.9 Å². The first kappa shape index (κ1) is 8.93. The van der Waals surface area contributed by atoms with Gasteiger partial charge in [-0.3, -0.25) is 0 Å². The Bertz CT molecular complexity index is 411. The van der Waals surface area contributed by atoms with E-state index >= 15 is 0 Å². The van der Waals surface area contributed by atoms with Gasteiger partial charge in [-0.25, -0.2) is 0 Å². The van der Waals surface area contributed by atoms with Gasteiger partial charge >= 0.3 is 0 Å². The van der Waals surface area contributed by atoms with Gasteiger partial charge in [-0.2, -0.15) is 0 Å². The fourth-order valence-corrected chi connectivity index (χ4v) is 0.894. The summed E-state index contributed by atoms with van der Waals surface area (Å²) in [7, 11) is 0. The molecule has 0 radical (unpaired) electrons. The average Bonchev–Trinajstić information content (AvgIpc) is 2.10. The summed E-state index contributed by atoms with van der Waals surface area (Å²) >= 11 is 0. The maximum Gasteiger partial charge on any atom is 0.0473 e. The topological polar surface area (TPSA) is 97.5 Å². The Morgan fingerprint density at radius 1 is 1.08 bits per heavy atom. The Morgan fingerprint density at radius 3 is 2.31 bits per heavy atom. The lowest BCUT2D eigenvalue weighted by molar-refractivity contribution is 1.36. The molecule has 0 spiro atoms. The molecule has 0 amide bonds. The van der Waals surface area contributed by atoms with Crippen molar-refractivity contribution in [3.8, 4) is 0 Å². The molecule has 13 heavy (non-hydrogen) atoms. The highest BCUT2D eigenvalue weighted by molar-refractivity contribution is 5.62. The molecule has 0 aliphatic carbocycles. The highest BCUT2D eigenvalue weighted by Crippen LogP contribution is 2.28. The van der Waals surface area contributed by atoms with Crippen LogP contribution in [0.5, 0.6) is 0 Å². The van der Waals surface area contributed by atoms with Gasteiger partial charge in [-0.05, 0) is 24.1 Å². The molecule has 0 saturated heterocycles. The third-order valence-corrected chi connectivity index (χ3v) is 1.44. The summed E-state index contributed by atoms with van der Waals surface area (Å²) in [5, 5.41) is 6.78. The molecule has 1 rings (SSSR count). The largest absolute Gasteiger partial charge is 0.0603 e. The minimum Gasteiger partial charge on any atom is -0.0603 e. The van der Waals surface area contributed by atoms with Crippen molar-refractivity contribution < 1.29 is 0 Å². The third-order valence-electron chi connectivity index (χ3n) is 1.44. The molecule has 0 aromatic heterocycles. The molecule has 0 aliphatic heterocycles. The summed E-state index contributed by atoms with van der Waals surface area (Å²) in [6, 6.07) is 5.04. The summed E-state index contributed by atoms with van der Waals surface area (Å²) in [4.78, 5) is 5.25. The van der Waals surface area contributed by atoms with Gasteiger partial charge in [0.15, 0.2) is 0 Å². The summed E-state index contributed by atoms with van der Waals surface area (Å²) < 4.78 is 0. The Kier molecular flexibility index (Phi) is 2.76. The summed E-state index contributed by atoms with van der Waals surface area (Å²) in [6.45, 7) is 1.86. The van der Waals surface area contributed by atoms with Gasteiger partial charge in [0.25, 0.3) is 0 Å². The standard InChI is InChI=1S/C7H6N6/c1-5-2-3-6(10-12-8)7(4-5)11-13-9/h2-4H,1H3. The molecule has 0 heterocycles. The number of rotatable bonds is 2. The van der Waals surface area contributed by atoms with Crippen LogP contribution in [0.4, 0.5) is 11.4 Å². The van der Waals surface area contributed by atoms with E-state index in [2.05, 4.69) is 20.1 Å². The monoisotopic (exact) mass is 174 g/mol. The van der Waals surface area contributed by atoms with Gasteiger partial charge < -0.3 is 0 Å². The van der Waals surface area contributed by atoms with Crippen LogP contribution < -0.4 is 0 Å². The van der Waals surface area contributed by atoms with Gasteiger partial charge in [0.05, 0.1) is 0 Å². The van der Waals surface area contributed by atoms with E-state index in [1.807, 2.05) is 6.92 Å². The SMILES string of the molecule is Cc1ccc(N=[N+]=[N-])c(N=[N+]=[N-])c1. The van der Waals surface area contributed by atoms with Crippen molar-refractivity contribution in [3.63, 3.8) is 0 Å². The quantitative estimate of drug-likeness (QED) is 0.369. The van der Waals surface area contributed by atoms with E-state index in [9.17, 15) is 0 Å². The average molecular weight is 174 g/mol. The van der Waals surface area contributed by atoms with Crippen molar-refractivity contribution >= 4 is 11.4 Å². The Labute approximate surface area is 74.1 Å². The highest BCUT2D eigenvalue weighted by atomic mass is 15.2. The molecule has 6 nitrogen and oxygen atoms in total. The van der Waals surface area contributed by atoms with Crippen LogP contribution in [-0.2, 0) is 0 Å². The van der Waals surface area contributed by atoms with Gasteiger partial charge in [0.2, 0.25) is 0 Å². The van der Waals surface area contributed by atoms with Crippen LogP contribution in [0.1, 0.15) is 5.56 Å².